The van der Waals surface area contributed by atoms with Crippen molar-refractivity contribution in [2.75, 3.05) is 0 Å². The number of fused-ring (bicyclic) bond motifs is 1. The van der Waals surface area contributed by atoms with E-state index in [4.69, 9.17) is 4.74 Å². The van der Waals surface area contributed by atoms with Gasteiger partial charge in [-0.3, -0.25) is 4.68 Å². The summed E-state index contributed by atoms with van der Waals surface area (Å²) in [5, 5.41) is 11.0. The molecule has 1 fully saturated rings. The molecule has 1 saturated carbocycles. The third-order valence-electron chi connectivity index (χ3n) is 4.28. The summed E-state index contributed by atoms with van der Waals surface area (Å²) in [7, 11) is 2.01. The van der Waals surface area contributed by atoms with Gasteiger partial charge in [0.25, 0.3) is 0 Å². The second-order valence-electron chi connectivity index (χ2n) is 7.38. The Labute approximate surface area is 131 Å². The standard InChI is InChI=1S/C16H26N4O2/c1-16(2,3)22-15(21)19-13-8-12(13)18-11-6-5-7-14-10(11)9-17-20(14)4/h9,11-13,18H,5-8H2,1-4H3,(H,19,21). The minimum atomic E-state index is -0.449. The number of nitrogens with zero attached hydrogens (tertiary/aromatic N) is 2. The molecule has 6 heteroatoms. The van der Waals surface area contributed by atoms with Crippen LogP contribution in [0, 0.1) is 0 Å². The molecular formula is C16H26N4O2. The average molecular weight is 306 g/mol. The van der Waals surface area contributed by atoms with Crippen molar-refractivity contribution in [3.63, 3.8) is 0 Å². The Morgan fingerprint density at radius 1 is 1.41 bits per heavy atom. The Hall–Kier alpha value is -1.56. The summed E-state index contributed by atoms with van der Waals surface area (Å²) in [5.41, 5.74) is 2.20. The lowest BCUT2D eigenvalue weighted by Crippen LogP contribution is -2.37. The first kappa shape index (κ1) is 15.3. The van der Waals surface area contributed by atoms with E-state index in [1.165, 1.54) is 17.7 Å². The number of aromatic nitrogens is 2. The van der Waals surface area contributed by atoms with Crippen LogP contribution in [0.15, 0.2) is 6.20 Å². The van der Waals surface area contributed by atoms with Crippen molar-refractivity contribution in [3.8, 4) is 0 Å². The molecule has 0 saturated heterocycles. The molecule has 0 bridgehead atoms. The van der Waals surface area contributed by atoms with Crippen LogP contribution in [-0.4, -0.2) is 33.6 Å². The van der Waals surface area contributed by atoms with Gasteiger partial charge in [-0.2, -0.15) is 5.10 Å². The van der Waals surface area contributed by atoms with E-state index in [1.807, 2.05) is 38.7 Å². The third kappa shape index (κ3) is 3.43. The van der Waals surface area contributed by atoms with Gasteiger partial charge >= 0.3 is 6.09 Å². The van der Waals surface area contributed by atoms with Crippen LogP contribution in [-0.2, 0) is 18.2 Å². The lowest BCUT2D eigenvalue weighted by atomic mass is 9.93. The van der Waals surface area contributed by atoms with E-state index < -0.39 is 5.60 Å². The minimum Gasteiger partial charge on any atom is -0.444 e. The van der Waals surface area contributed by atoms with E-state index in [0.29, 0.717) is 12.1 Å². The summed E-state index contributed by atoms with van der Waals surface area (Å²) in [6, 6.07) is 0.869. The highest BCUT2D eigenvalue weighted by Crippen LogP contribution is 2.33. The lowest BCUT2D eigenvalue weighted by molar-refractivity contribution is 0.0521. The highest BCUT2D eigenvalue weighted by molar-refractivity contribution is 5.68. The van der Waals surface area contributed by atoms with Crippen molar-refractivity contribution in [2.24, 2.45) is 7.05 Å². The molecule has 0 spiro atoms. The molecular weight excluding hydrogens is 280 g/mol. The number of amides is 1. The van der Waals surface area contributed by atoms with Gasteiger partial charge < -0.3 is 15.4 Å². The number of ether oxygens (including phenoxy) is 1. The SMILES string of the molecule is Cn1ncc2c1CCCC2NC1CC1NC(=O)OC(C)(C)C. The van der Waals surface area contributed by atoms with Crippen LogP contribution in [0.5, 0.6) is 0 Å². The van der Waals surface area contributed by atoms with Crippen LogP contribution in [0.1, 0.15) is 57.3 Å². The largest absolute Gasteiger partial charge is 0.444 e. The zero-order chi connectivity index (χ0) is 15.9. The minimum absolute atomic E-state index is 0.178. The van der Waals surface area contributed by atoms with Gasteiger partial charge in [-0.05, 0) is 46.5 Å². The van der Waals surface area contributed by atoms with Gasteiger partial charge in [0, 0.05) is 36.4 Å². The van der Waals surface area contributed by atoms with E-state index in [1.54, 1.807) is 0 Å². The summed E-state index contributed by atoms with van der Waals surface area (Å²) >= 11 is 0. The molecule has 1 amide bonds. The highest BCUT2D eigenvalue weighted by atomic mass is 16.6. The van der Waals surface area contributed by atoms with Crippen LogP contribution in [0.25, 0.3) is 0 Å². The Morgan fingerprint density at radius 2 is 2.18 bits per heavy atom. The Morgan fingerprint density at radius 3 is 2.91 bits per heavy atom. The molecule has 0 aliphatic heterocycles. The maximum Gasteiger partial charge on any atom is 0.407 e. The first-order valence-corrected chi connectivity index (χ1v) is 8.10. The summed E-state index contributed by atoms with van der Waals surface area (Å²) < 4.78 is 7.27. The van der Waals surface area contributed by atoms with Gasteiger partial charge in [0.1, 0.15) is 5.60 Å². The smallest absolute Gasteiger partial charge is 0.407 e. The molecule has 1 aromatic heterocycles. The lowest BCUT2D eigenvalue weighted by Gasteiger charge is -2.24. The Kier molecular flexibility index (Phi) is 3.89. The fourth-order valence-electron chi connectivity index (χ4n) is 3.14. The summed E-state index contributed by atoms with van der Waals surface area (Å²) in [6.45, 7) is 5.63. The molecule has 0 aromatic carbocycles. The van der Waals surface area contributed by atoms with Crippen molar-refractivity contribution in [1.82, 2.24) is 20.4 Å². The molecule has 22 heavy (non-hydrogen) atoms. The molecule has 6 nitrogen and oxygen atoms in total. The fourth-order valence-corrected chi connectivity index (χ4v) is 3.14. The van der Waals surface area contributed by atoms with Gasteiger partial charge in [0.15, 0.2) is 0 Å². The average Bonchev–Trinajstić information content (AvgIpc) is 2.99. The van der Waals surface area contributed by atoms with Crippen molar-refractivity contribution in [1.29, 1.82) is 0 Å². The first-order chi connectivity index (χ1) is 10.3. The van der Waals surface area contributed by atoms with Gasteiger partial charge in [0.2, 0.25) is 0 Å². The molecule has 3 rings (SSSR count). The number of carbonyl (C=O) groups is 1. The molecule has 2 N–H and O–H groups in total. The third-order valence-corrected chi connectivity index (χ3v) is 4.28. The number of carbonyl (C=O) groups excluding carboxylic acids is 1. The molecule has 2 aliphatic carbocycles. The van der Waals surface area contributed by atoms with Crippen LogP contribution in [0.2, 0.25) is 0 Å². The van der Waals surface area contributed by atoms with Gasteiger partial charge in [-0.15, -0.1) is 0 Å². The Balaban J connectivity index is 1.51. The summed E-state index contributed by atoms with van der Waals surface area (Å²) in [5.74, 6) is 0. The topological polar surface area (TPSA) is 68.2 Å². The molecule has 1 aromatic rings. The van der Waals surface area contributed by atoms with Crippen molar-refractivity contribution in [2.45, 2.75) is 70.2 Å². The second-order valence-corrected chi connectivity index (χ2v) is 7.38. The number of hydrogen-bond acceptors (Lipinski definition) is 4. The predicted molar refractivity (Wildman–Crippen MR) is 83.6 cm³/mol. The predicted octanol–water partition coefficient (Wildman–Crippen LogP) is 2.05. The quantitative estimate of drug-likeness (QED) is 0.897. The Bertz CT molecular complexity index is 561. The van der Waals surface area contributed by atoms with Gasteiger partial charge in [-0.25, -0.2) is 4.79 Å². The number of alkyl carbamates (subject to hydrolysis) is 1. The zero-order valence-electron chi connectivity index (χ0n) is 13.8. The second kappa shape index (κ2) is 5.57. The van der Waals surface area contributed by atoms with E-state index in [-0.39, 0.29) is 12.1 Å². The van der Waals surface area contributed by atoms with Crippen LogP contribution in [0.3, 0.4) is 0 Å². The van der Waals surface area contributed by atoms with Crippen LogP contribution in [0.4, 0.5) is 4.79 Å². The highest BCUT2D eigenvalue weighted by Gasteiger charge is 2.41. The molecule has 2 aliphatic rings. The summed E-state index contributed by atoms with van der Waals surface area (Å²) in [4.78, 5) is 11.8. The fraction of sp³-hybridized carbons (Fsp3) is 0.750. The number of aryl methyl sites for hydroxylation is 1. The van der Waals surface area contributed by atoms with Crippen LogP contribution >= 0.6 is 0 Å². The molecule has 122 valence electrons. The van der Waals surface area contributed by atoms with Crippen molar-refractivity contribution >= 4 is 6.09 Å². The molecule has 3 atom stereocenters. The van der Waals surface area contributed by atoms with Crippen LogP contribution < -0.4 is 10.6 Å². The zero-order valence-corrected chi connectivity index (χ0v) is 13.8. The first-order valence-electron chi connectivity index (χ1n) is 8.10. The normalized spacial score (nSPS) is 27.2. The number of rotatable bonds is 3. The van der Waals surface area contributed by atoms with E-state index >= 15 is 0 Å². The van der Waals surface area contributed by atoms with E-state index in [9.17, 15) is 4.79 Å². The summed E-state index contributed by atoms with van der Waals surface area (Å²) in [6.07, 6.45) is 6.03. The van der Waals surface area contributed by atoms with Crippen molar-refractivity contribution in [3.05, 3.63) is 17.5 Å². The maximum atomic E-state index is 11.8. The molecule has 1 heterocycles. The number of hydrogen-bond donors (Lipinski definition) is 2. The van der Waals surface area contributed by atoms with Gasteiger partial charge in [0.05, 0.1) is 6.20 Å². The van der Waals surface area contributed by atoms with Crippen molar-refractivity contribution < 1.29 is 9.53 Å². The van der Waals surface area contributed by atoms with Gasteiger partial charge in [-0.1, -0.05) is 0 Å². The monoisotopic (exact) mass is 306 g/mol. The molecule has 0 radical (unpaired) electrons. The van der Waals surface area contributed by atoms with E-state index in [2.05, 4.69) is 15.7 Å². The number of nitrogens with one attached hydrogen (secondary N) is 2. The van der Waals surface area contributed by atoms with E-state index in [0.717, 1.165) is 19.3 Å². The molecule has 3 unspecified atom stereocenters. The maximum absolute atomic E-state index is 11.8.